The monoisotopic (exact) mass is 331 g/mol. The summed E-state index contributed by atoms with van der Waals surface area (Å²) in [5.41, 5.74) is 6.54. The van der Waals surface area contributed by atoms with Crippen LogP contribution < -0.4 is 5.73 Å². The first-order chi connectivity index (χ1) is 9.31. The molecule has 2 rings (SSSR count). The van der Waals surface area contributed by atoms with Crippen molar-refractivity contribution in [2.75, 3.05) is 5.73 Å². The minimum absolute atomic E-state index is 0.00714. The fourth-order valence-corrected chi connectivity index (χ4v) is 2.41. The predicted molar refractivity (Wildman–Crippen MR) is 80.5 cm³/mol. The van der Waals surface area contributed by atoms with E-state index in [2.05, 4.69) is 0 Å². The number of ketones is 1. The zero-order chi connectivity index (χ0) is 15.0. The lowest BCUT2D eigenvalue weighted by Gasteiger charge is -2.09. The van der Waals surface area contributed by atoms with Gasteiger partial charge in [-0.2, -0.15) is 0 Å². The highest BCUT2D eigenvalue weighted by molar-refractivity contribution is 6.45. The van der Waals surface area contributed by atoms with E-state index in [1.807, 2.05) is 0 Å². The minimum Gasteiger partial charge on any atom is -0.399 e. The zero-order valence-corrected chi connectivity index (χ0v) is 12.6. The molecule has 0 unspecified atom stereocenters. The van der Waals surface area contributed by atoms with Crippen LogP contribution >= 0.6 is 34.8 Å². The molecule has 0 aliphatic heterocycles. The fraction of sp³-hybridized carbons (Fsp3) is 0.0714. The van der Waals surface area contributed by atoms with Gasteiger partial charge in [-0.25, -0.2) is 4.39 Å². The zero-order valence-electron chi connectivity index (χ0n) is 10.3. The van der Waals surface area contributed by atoms with Crippen molar-refractivity contribution in [2.24, 2.45) is 0 Å². The Bertz CT molecular complexity index is 716. The molecule has 2 N–H and O–H groups in total. The third-order valence-corrected chi connectivity index (χ3v) is 3.90. The molecule has 2 nitrogen and oxygen atoms in total. The Morgan fingerprint density at radius 2 is 1.70 bits per heavy atom. The second-order valence-electron chi connectivity index (χ2n) is 4.27. The summed E-state index contributed by atoms with van der Waals surface area (Å²) in [6.07, 6.45) is 0. The predicted octanol–water partition coefficient (Wildman–Crippen LogP) is 4.91. The molecule has 0 aliphatic carbocycles. The van der Waals surface area contributed by atoms with E-state index in [0.717, 1.165) is 6.07 Å². The van der Waals surface area contributed by atoms with Gasteiger partial charge in [0.25, 0.3) is 0 Å². The van der Waals surface area contributed by atoms with E-state index in [4.69, 9.17) is 40.5 Å². The molecule has 0 saturated heterocycles. The van der Waals surface area contributed by atoms with Crippen LogP contribution in [0.1, 0.15) is 21.5 Å². The molecule has 0 amide bonds. The smallest absolute Gasteiger partial charge is 0.196 e. The molecule has 0 heterocycles. The lowest BCUT2D eigenvalue weighted by atomic mass is 10.0. The van der Waals surface area contributed by atoms with Crippen LogP contribution in [0.25, 0.3) is 0 Å². The largest absolute Gasteiger partial charge is 0.399 e. The Kier molecular flexibility index (Phi) is 4.23. The van der Waals surface area contributed by atoms with Crippen molar-refractivity contribution < 1.29 is 9.18 Å². The second-order valence-corrected chi connectivity index (χ2v) is 5.47. The van der Waals surface area contributed by atoms with Crippen molar-refractivity contribution in [1.82, 2.24) is 0 Å². The van der Waals surface area contributed by atoms with Gasteiger partial charge in [-0.1, -0.05) is 34.8 Å². The van der Waals surface area contributed by atoms with Gasteiger partial charge in [0, 0.05) is 16.8 Å². The number of hydrogen-bond acceptors (Lipinski definition) is 2. The van der Waals surface area contributed by atoms with Crippen molar-refractivity contribution in [2.45, 2.75) is 6.92 Å². The summed E-state index contributed by atoms with van der Waals surface area (Å²) in [7, 11) is 0. The van der Waals surface area contributed by atoms with Gasteiger partial charge < -0.3 is 5.73 Å². The van der Waals surface area contributed by atoms with Gasteiger partial charge in [0.15, 0.2) is 5.78 Å². The third kappa shape index (κ3) is 2.75. The topological polar surface area (TPSA) is 43.1 Å². The highest BCUT2D eigenvalue weighted by Gasteiger charge is 2.19. The molecule has 0 aromatic heterocycles. The number of anilines is 1. The highest BCUT2D eigenvalue weighted by Crippen LogP contribution is 2.32. The van der Waals surface area contributed by atoms with Crippen molar-refractivity contribution in [3.05, 3.63) is 61.8 Å². The number of rotatable bonds is 2. The number of nitrogens with two attached hydrogens (primary N) is 1. The normalized spacial score (nSPS) is 10.7. The van der Waals surface area contributed by atoms with Gasteiger partial charge in [0.1, 0.15) is 5.82 Å². The first-order valence-electron chi connectivity index (χ1n) is 5.56. The molecular weight excluding hydrogens is 324 g/mol. The van der Waals surface area contributed by atoms with E-state index in [1.165, 1.54) is 25.1 Å². The number of aryl methyl sites for hydroxylation is 1. The number of benzene rings is 2. The quantitative estimate of drug-likeness (QED) is 0.627. The maximum absolute atomic E-state index is 13.4. The van der Waals surface area contributed by atoms with Gasteiger partial charge in [-0.3, -0.25) is 4.79 Å². The summed E-state index contributed by atoms with van der Waals surface area (Å²) in [4.78, 5) is 12.5. The fourth-order valence-electron chi connectivity index (χ4n) is 1.75. The molecular formula is C14H9Cl3FNO. The molecule has 6 heteroatoms. The van der Waals surface area contributed by atoms with E-state index in [9.17, 15) is 9.18 Å². The maximum atomic E-state index is 13.4. The molecule has 0 aliphatic rings. The van der Waals surface area contributed by atoms with Crippen LogP contribution in [-0.2, 0) is 0 Å². The van der Waals surface area contributed by atoms with E-state index in [1.54, 1.807) is 0 Å². The summed E-state index contributed by atoms with van der Waals surface area (Å²) in [6.45, 7) is 1.54. The molecule has 0 fully saturated rings. The molecule has 0 bridgehead atoms. The Morgan fingerprint density at radius 1 is 1.05 bits per heavy atom. The third-order valence-electron chi connectivity index (χ3n) is 2.79. The average Bonchev–Trinajstić information content (AvgIpc) is 2.37. The molecule has 0 spiro atoms. The van der Waals surface area contributed by atoms with Crippen molar-refractivity contribution in [3.63, 3.8) is 0 Å². The van der Waals surface area contributed by atoms with Gasteiger partial charge >= 0.3 is 0 Å². The van der Waals surface area contributed by atoms with Crippen molar-refractivity contribution >= 4 is 46.3 Å². The van der Waals surface area contributed by atoms with Gasteiger partial charge in [-0.15, -0.1) is 0 Å². The van der Waals surface area contributed by atoms with Crippen LogP contribution in [-0.4, -0.2) is 5.78 Å². The number of carbonyl (C=O) groups excluding carboxylic acids is 1. The molecule has 0 radical (unpaired) electrons. The average molecular weight is 333 g/mol. The van der Waals surface area contributed by atoms with E-state index >= 15 is 0 Å². The second kappa shape index (κ2) is 5.60. The Labute approximate surface area is 130 Å². The van der Waals surface area contributed by atoms with Gasteiger partial charge in [0.2, 0.25) is 0 Å². The SMILES string of the molecule is Cc1cc(C(=O)c2cc(N)cc(Cl)c2Cl)c(Cl)cc1F. The number of carbonyl (C=O) groups is 1. The number of hydrogen-bond donors (Lipinski definition) is 1. The lowest BCUT2D eigenvalue weighted by Crippen LogP contribution is -2.06. The molecule has 2 aromatic carbocycles. The molecule has 20 heavy (non-hydrogen) atoms. The van der Waals surface area contributed by atoms with Crippen LogP contribution in [0, 0.1) is 12.7 Å². The van der Waals surface area contributed by atoms with E-state index in [0.29, 0.717) is 11.3 Å². The van der Waals surface area contributed by atoms with Crippen LogP contribution in [0.15, 0.2) is 24.3 Å². The molecule has 104 valence electrons. The number of nitrogen functional groups attached to an aromatic ring is 1. The highest BCUT2D eigenvalue weighted by atomic mass is 35.5. The number of halogens is 4. The van der Waals surface area contributed by atoms with Gasteiger partial charge in [0.05, 0.1) is 15.1 Å². The van der Waals surface area contributed by atoms with Crippen molar-refractivity contribution in [1.29, 1.82) is 0 Å². The van der Waals surface area contributed by atoms with Crippen molar-refractivity contribution in [3.8, 4) is 0 Å². The molecule has 2 aromatic rings. The summed E-state index contributed by atoms with van der Waals surface area (Å²) >= 11 is 17.8. The molecule has 0 atom stereocenters. The van der Waals surface area contributed by atoms with Crippen LogP contribution in [0.3, 0.4) is 0 Å². The van der Waals surface area contributed by atoms with E-state index < -0.39 is 11.6 Å². The van der Waals surface area contributed by atoms with Crippen LogP contribution in [0.5, 0.6) is 0 Å². The Hall–Kier alpha value is -1.29. The Balaban J connectivity index is 2.60. The standard InChI is InChI=1S/C14H9Cl3FNO/c1-6-2-8(10(15)5-12(6)18)14(20)9-3-7(19)4-11(16)13(9)17/h2-5H,19H2,1H3. The van der Waals surface area contributed by atoms with Crippen LogP contribution in [0.2, 0.25) is 15.1 Å². The summed E-state index contributed by atoms with van der Waals surface area (Å²) in [5.74, 6) is -0.944. The Morgan fingerprint density at radius 3 is 2.35 bits per heavy atom. The van der Waals surface area contributed by atoms with Gasteiger partial charge in [-0.05, 0) is 36.8 Å². The first kappa shape index (κ1) is 15.1. The summed E-state index contributed by atoms with van der Waals surface area (Å²) < 4.78 is 13.4. The van der Waals surface area contributed by atoms with Crippen LogP contribution in [0.4, 0.5) is 10.1 Å². The first-order valence-corrected chi connectivity index (χ1v) is 6.69. The lowest BCUT2D eigenvalue weighted by molar-refractivity contribution is 0.103. The van der Waals surface area contributed by atoms with E-state index in [-0.39, 0.29) is 26.2 Å². The maximum Gasteiger partial charge on any atom is 0.196 e. The molecule has 0 saturated carbocycles. The summed E-state index contributed by atoms with van der Waals surface area (Å²) in [5, 5.41) is 0.265. The summed E-state index contributed by atoms with van der Waals surface area (Å²) in [6, 6.07) is 5.31. The minimum atomic E-state index is -0.483.